The summed E-state index contributed by atoms with van der Waals surface area (Å²) >= 11 is 0.834. The number of halogens is 6. The lowest BCUT2D eigenvalue weighted by Gasteiger charge is -2.40. The molecule has 2 saturated heterocycles. The minimum Gasteiger partial charge on any atom is -0.338 e. The molecular formula is C23H25F6N3OS. The van der Waals surface area contributed by atoms with Gasteiger partial charge in [-0.25, -0.2) is 4.98 Å². The van der Waals surface area contributed by atoms with Crippen molar-refractivity contribution in [1.82, 2.24) is 14.8 Å². The topological polar surface area (TPSA) is 36.4 Å². The van der Waals surface area contributed by atoms with Crippen molar-refractivity contribution in [2.24, 2.45) is 0 Å². The zero-order valence-corrected chi connectivity index (χ0v) is 19.4. The van der Waals surface area contributed by atoms with Gasteiger partial charge in [0.05, 0.1) is 16.8 Å². The SMILES string of the molecule is Cc1nc(-c2cc(C(F)(F)F)cc(C(F)(F)F)c2)sc1C(=O)N1CCC(N2CCCCC2)CC1. The predicted molar refractivity (Wildman–Crippen MR) is 117 cm³/mol. The van der Waals surface area contributed by atoms with E-state index in [9.17, 15) is 31.1 Å². The standard InChI is InChI=1S/C23H25F6N3OS/c1-14-19(21(33)32-9-5-18(6-10-32)31-7-3-2-4-8-31)34-20(30-14)15-11-16(22(24,25)26)13-17(12-15)23(27,28)29/h11-13,18H,2-10H2,1H3. The average molecular weight is 506 g/mol. The minimum absolute atomic E-state index is 0.0411. The Balaban J connectivity index is 1.54. The molecule has 2 aliphatic rings. The maximum absolute atomic E-state index is 13.2. The van der Waals surface area contributed by atoms with Crippen LogP contribution in [-0.2, 0) is 12.4 Å². The fourth-order valence-corrected chi connectivity index (χ4v) is 5.68. The van der Waals surface area contributed by atoms with Gasteiger partial charge in [0.25, 0.3) is 5.91 Å². The van der Waals surface area contributed by atoms with Crippen molar-refractivity contribution in [3.63, 3.8) is 0 Å². The third-order valence-electron chi connectivity index (χ3n) is 6.48. The number of benzene rings is 1. The Bertz CT molecular complexity index is 1000. The summed E-state index contributed by atoms with van der Waals surface area (Å²) in [6.07, 6.45) is -4.57. The van der Waals surface area contributed by atoms with Gasteiger partial charge in [0, 0.05) is 24.7 Å². The molecule has 3 heterocycles. The molecule has 0 N–H and O–H groups in total. The summed E-state index contributed by atoms with van der Waals surface area (Å²) < 4.78 is 79.3. The van der Waals surface area contributed by atoms with Gasteiger partial charge in [0.2, 0.25) is 0 Å². The number of aromatic nitrogens is 1. The first-order chi connectivity index (χ1) is 15.9. The highest BCUT2D eigenvalue weighted by Gasteiger charge is 2.37. The van der Waals surface area contributed by atoms with Crippen LogP contribution in [0.1, 0.15) is 58.6 Å². The van der Waals surface area contributed by atoms with Crippen molar-refractivity contribution in [2.45, 2.75) is 57.4 Å². The molecule has 0 saturated carbocycles. The summed E-state index contributed by atoms with van der Waals surface area (Å²) in [4.78, 5) is 21.7. The summed E-state index contributed by atoms with van der Waals surface area (Å²) in [5, 5.41) is -0.0411. The number of hydrogen-bond acceptors (Lipinski definition) is 4. The number of carbonyl (C=O) groups excluding carboxylic acids is 1. The van der Waals surface area contributed by atoms with E-state index in [1.807, 2.05) is 0 Å². The van der Waals surface area contributed by atoms with Crippen molar-refractivity contribution < 1.29 is 31.1 Å². The van der Waals surface area contributed by atoms with Gasteiger partial charge in [0.15, 0.2) is 0 Å². The highest BCUT2D eigenvalue weighted by atomic mass is 32.1. The molecule has 2 fully saturated rings. The Morgan fingerprint density at radius 2 is 1.47 bits per heavy atom. The van der Waals surface area contributed by atoms with Crippen LogP contribution in [0.5, 0.6) is 0 Å². The van der Waals surface area contributed by atoms with E-state index in [2.05, 4.69) is 9.88 Å². The van der Waals surface area contributed by atoms with Crippen molar-refractivity contribution in [3.8, 4) is 10.6 Å². The molecular weight excluding hydrogens is 480 g/mol. The van der Waals surface area contributed by atoms with E-state index in [4.69, 9.17) is 0 Å². The van der Waals surface area contributed by atoms with E-state index in [0.717, 1.165) is 37.3 Å². The number of thiazole rings is 1. The van der Waals surface area contributed by atoms with E-state index in [1.54, 1.807) is 11.8 Å². The van der Waals surface area contributed by atoms with Crippen LogP contribution in [0.15, 0.2) is 18.2 Å². The third kappa shape index (κ3) is 5.40. The molecule has 11 heteroatoms. The van der Waals surface area contributed by atoms with Crippen LogP contribution < -0.4 is 0 Å². The molecule has 4 nitrogen and oxygen atoms in total. The smallest absolute Gasteiger partial charge is 0.338 e. The van der Waals surface area contributed by atoms with Crippen LogP contribution in [0.3, 0.4) is 0 Å². The van der Waals surface area contributed by atoms with E-state index in [0.29, 0.717) is 37.0 Å². The van der Waals surface area contributed by atoms with Gasteiger partial charge >= 0.3 is 12.4 Å². The van der Waals surface area contributed by atoms with E-state index in [-0.39, 0.29) is 27.4 Å². The van der Waals surface area contributed by atoms with Gasteiger partial charge in [-0.3, -0.25) is 4.79 Å². The summed E-state index contributed by atoms with van der Waals surface area (Å²) in [6.45, 7) is 4.83. The average Bonchev–Trinajstić information content (AvgIpc) is 3.19. The van der Waals surface area contributed by atoms with E-state index >= 15 is 0 Å². The number of rotatable bonds is 3. The van der Waals surface area contributed by atoms with Gasteiger partial charge in [-0.2, -0.15) is 26.3 Å². The minimum atomic E-state index is -4.94. The molecule has 2 aromatic rings. The Kier molecular flexibility index (Phi) is 6.97. The first-order valence-corrected chi connectivity index (χ1v) is 12.1. The van der Waals surface area contributed by atoms with Crippen LogP contribution in [0.25, 0.3) is 10.6 Å². The van der Waals surface area contributed by atoms with Crippen molar-refractivity contribution in [3.05, 3.63) is 39.9 Å². The van der Waals surface area contributed by atoms with Crippen molar-refractivity contribution in [2.75, 3.05) is 26.2 Å². The molecule has 0 atom stereocenters. The molecule has 0 aliphatic carbocycles. The van der Waals surface area contributed by atoms with Gasteiger partial charge in [-0.05, 0) is 63.9 Å². The highest BCUT2D eigenvalue weighted by Crippen LogP contribution is 2.40. The first-order valence-electron chi connectivity index (χ1n) is 11.2. The third-order valence-corrected chi connectivity index (χ3v) is 7.68. The molecule has 0 spiro atoms. The zero-order chi connectivity index (χ0) is 24.7. The Morgan fingerprint density at radius 1 is 0.912 bits per heavy atom. The van der Waals surface area contributed by atoms with Crippen LogP contribution in [0, 0.1) is 6.92 Å². The molecule has 0 bridgehead atoms. The molecule has 34 heavy (non-hydrogen) atoms. The zero-order valence-electron chi connectivity index (χ0n) is 18.6. The second-order valence-electron chi connectivity index (χ2n) is 8.85. The molecule has 0 radical (unpaired) electrons. The van der Waals surface area contributed by atoms with E-state index < -0.39 is 23.5 Å². The maximum Gasteiger partial charge on any atom is 0.416 e. The number of aryl methyl sites for hydroxylation is 1. The normalized spacial score (nSPS) is 19.0. The van der Waals surface area contributed by atoms with Crippen molar-refractivity contribution in [1.29, 1.82) is 0 Å². The number of carbonyl (C=O) groups is 1. The summed E-state index contributed by atoms with van der Waals surface area (Å²) in [5.41, 5.74) is -2.82. The van der Waals surface area contributed by atoms with Crippen LogP contribution in [0.2, 0.25) is 0 Å². The molecule has 2 aliphatic heterocycles. The number of likely N-dealkylation sites (tertiary alicyclic amines) is 2. The van der Waals surface area contributed by atoms with Crippen LogP contribution in [-0.4, -0.2) is 52.9 Å². The molecule has 0 unspecified atom stereocenters. The first kappa shape index (κ1) is 25.0. The monoisotopic (exact) mass is 505 g/mol. The number of alkyl halides is 6. The molecule has 1 amide bonds. The van der Waals surface area contributed by atoms with Crippen LogP contribution >= 0.6 is 11.3 Å². The van der Waals surface area contributed by atoms with Gasteiger partial charge in [-0.15, -0.1) is 11.3 Å². The second kappa shape index (κ2) is 9.49. The summed E-state index contributed by atoms with van der Waals surface area (Å²) in [6, 6.07) is 1.81. The number of nitrogens with zero attached hydrogens (tertiary/aromatic N) is 3. The Morgan fingerprint density at radius 3 is 2.00 bits per heavy atom. The van der Waals surface area contributed by atoms with Crippen LogP contribution in [0.4, 0.5) is 26.3 Å². The van der Waals surface area contributed by atoms with Crippen molar-refractivity contribution >= 4 is 17.2 Å². The predicted octanol–water partition coefficient (Wildman–Crippen LogP) is 6.25. The summed E-state index contributed by atoms with van der Waals surface area (Å²) in [5.74, 6) is -0.277. The van der Waals surface area contributed by atoms with Gasteiger partial charge < -0.3 is 9.80 Å². The molecule has 1 aromatic heterocycles. The van der Waals surface area contributed by atoms with E-state index in [1.165, 1.54) is 19.3 Å². The fourth-order valence-electron chi connectivity index (χ4n) is 4.66. The lowest BCUT2D eigenvalue weighted by Crippen LogP contribution is -2.48. The lowest BCUT2D eigenvalue weighted by molar-refractivity contribution is -0.143. The summed E-state index contributed by atoms with van der Waals surface area (Å²) in [7, 11) is 0. The quantitative estimate of drug-likeness (QED) is 0.463. The largest absolute Gasteiger partial charge is 0.416 e. The Hall–Kier alpha value is -2.14. The van der Waals surface area contributed by atoms with Gasteiger partial charge in [0.1, 0.15) is 9.88 Å². The maximum atomic E-state index is 13.2. The fraction of sp³-hybridized carbons (Fsp3) is 0.565. The van der Waals surface area contributed by atoms with Gasteiger partial charge in [-0.1, -0.05) is 6.42 Å². The molecule has 186 valence electrons. The number of hydrogen-bond donors (Lipinski definition) is 0. The molecule has 1 aromatic carbocycles. The number of piperidine rings is 2. The number of amides is 1. The Labute approximate surface area is 197 Å². The lowest BCUT2D eigenvalue weighted by atomic mass is 10.00. The highest BCUT2D eigenvalue weighted by molar-refractivity contribution is 7.17. The molecule has 4 rings (SSSR count). The second-order valence-corrected chi connectivity index (χ2v) is 9.85.